The molecule has 31 heavy (non-hydrogen) atoms. The van der Waals surface area contributed by atoms with Crippen molar-refractivity contribution >= 4 is 5.97 Å². The van der Waals surface area contributed by atoms with Gasteiger partial charge in [0.05, 0.1) is 17.0 Å². The highest BCUT2D eigenvalue weighted by Gasteiger charge is 2.34. The molecule has 2 rings (SSSR count). The Bertz CT molecular complexity index is 943. The Morgan fingerprint density at radius 2 is 1.81 bits per heavy atom. The third kappa shape index (κ3) is 6.36. The molecule has 0 fully saturated rings. The van der Waals surface area contributed by atoms with Crippen molar-refractivity contribution in [3.05, 3.63) is 70.5 Å². The molecule has 1 atom stereocenters. The summed E-state index contributed by atoms with van der Waals surface area (Å²) in [4.78, 5) is 14.3. The van der Waals surface area contributed by atoms with E-state index in [2.05, 4.69) is 6.07 Å². The van der Waals surface area contributed by atoms with Crippen LogP contribution in [0.1, 0.15) is 55.9 Å². The summed E-state index contributed by atoms with van der Waals surface area (Å²) >= 11 is 0. The predicted octanol–water partition coefficient (Wildman–Crippen LogP) is 4.36. The summed E-state index contributed by atoms with van der Waals surface area (Å²) in [5, 5.41) is 21.2. The quantitative estimate of drug-likeness (QED) is 0.635. The molecule has 0 unspecified atom stereocenters. The van der Waals surface area contributed by atoms with Gasteiger partial charge >= 0.3 is 5.97 Å². The lowest BCUT2D eigenvalue weighted by Gasteiger charge is -2.32. The zero-order chi connectivity index (χ0) is 23.2. The maximum absolute atomic E-state index is 13.6. The van der Waals surface area contributed by atoms with Crippen molar-refractivity contribution < 1.29 is 19.0 Å². The van der Waals surface area contributed by atoms with E-state index < -0.39 is 16.8 Å². The normalized spacial score (nSPS) is 13.5. The highest BCUT2D eigenvalue weighted by atomic mass is 19.1. The Balaban J connectivity index is 2.51. The molecule has 0 aliphatic rings. The predicted molar refractivity (Wildman–Crippen MR) is 118 cm³/mol. The van der Waals surface area contributed by atoms with Gasteiger partial charge < -0.3 is 14.7 Å². The van der Waals surface area contributed by atoms with Crippen LogP contribution in [0.25, 0.3) is 0 Å². The fourth-order valence-electron chi connectivity index (χ4n) is 3.36. The van der Waals surface area contributed by atoms with Crippen LogP contribution < -0.4 is 0 Å². The van der Waals surface area contributed by atoms with Gasteiger partial charge in [0.15, 0.2) is 0 Å². The number of esters is 1. The van der Waals surface area contributed by atoms with Crippen molar-refractivity contribution in [1.82, 2.24) is 4.90 Å². The van der Waals surface area contributed by atoms with E-state index in [1.807, 2.05) is 19.0 Å². The summed E-state index contributed by atoms with van der Waals surface area (Å²) in [5.41, 5.74) is -0.0689. The van der Waals surface area contributed by atoms with Crippen molar-refractivity contribution in [2.75, 3.05) is 20.6 Å². The molecule has 1 N–H and O–H groups in total. The van der Waals surface area contributed by atoms with Gasteiger partial charge in [-0.2, -0.15) is 5.26 Å². The van der Waals surface area contributed by atoms with E-state index in [0.717, 1.165) is 6.54 Å². The molecule has 5 nitrogen and oxygen atoms in total. The second-order valence-corrected chi connectivity index (χ2v) is 9.08. The Morgan fingerprint density at radius 3 is 2.35 bits per heavy atom. The van der Waals surface area contributed by atoms with Crippen LogP contribution in [0.4, 0.5) is 4.39 Å². The van der Waals surface area contributed by atoms with E-state index in [1.54, 1.807) is 51.1 Å². The number of benzene rings is 2. The first-order valence-corrected chi connectivity index (χ1v) is 10.3. The van der Waals surface area contributed by atoms with Gasteiger partial charge in [0.2, 0.25) is 0 Å². The lowest BCUT2D eigenvalue weighted by Crippen LogP contribution is -2.31. The molecule has 2 aromatic rings. The number of halogens is 1. The number of nitrogens with zero attached hydrogens (tertiary/aromatic N) is 2. The molecular formula is C25H31FN2O3. The van der Waals surface area contributed by atoms with E-state index in [1.165, 1.54) is 12.1 Å². The Kier molecular flexibility index (Phi) is 7.94. The van der Waals surface area contributed by atoms with Crippen molar-refractivity contribution in [3.8, 4) is 6.07 Å². The van der Waals surface area contributed by atoms with Crippen LogP contribution in [-0.4, -0.2) is 36.6 Å². The number of aliphatic hydroxyl groups is 1. The topological polar surface area (TPSA) is 73.6 Å². The summed E-state index contributed by atoms with van der Waals surface area (Å²) < 4.78 is 19.1. The zero-order valence-electron chi connectivity index (χ0n) is 18.9. The zero-order valence-corrected chi connectivity index (χ0v) is 18.9. The molecule has 0 radical (unpaired) electrons. The molecule has 0 aliphatic carbocycles. The van der Waals surface area contributed by atoms with Crippen molar-refractivity contribution in [2.24, 2.45) is 5.41 Å². The number of hydrogen-bond acceptors (Lipinski definition) is 5. The van der Waals surface area contributed by atoms with Gasteiger partial charge in [0, 0.05) is 0 Å². The van der Waals surface area contributed by atoms with Gasteiger partial charge in [-0.15, -0.1) is 0 Å². The average molecular weight is 427 g/mol. The molecule has 0 saturated heterocycles. The van der Waals surface area contributed by atoms with E-state index in [9.17, 15) is 19.6 Å². The molecule has 0 aliphatic heterocycles. The first-order chi connectivity index (χ1) is 14.5. The molecule has 0 aromatic heterocycles. The minimum atomic E-state index is -1.43. The molecule has 0 saturated carbocycles. The van der Waals surface area contributed by atoms with E-state index in [0.29, 0.717) is 35.1 Å². The first kappa shape index (κ1) is 24.5. The van der Waals surface area contributed by atoms with Gasteiger partial charge in [-0.1, -0.05) is 18.2 Å². The molecule has 2 aromatic carbocycles. The highest BCUT2D eigenvalue weighted by Crippen LogP contribution is 2.37. The van der Waals surface area contributed by atoms with Crippen LogP contribution in [0.3, 0.4) is 0 Å². The van der Waals surface area contributed by atoms with Crippen LogP contribution >= 0.6 is 0 Å². The third-order valence-corrected chi connectivity index (χ3v) is 5.12. The summed E-state index contributed by atoms with van der Waals surface area (Å²) in [7, 11) is 3.91. The molecule has 0 heterocycles. The van der Waals surface area contributed by atoms with Gasteiger partial charge in [-0.25, -0.2) is 4.39 Å². The van der Waals surface area contributed by atoms with E-state index in [-0.39, 0.29) is 12.6 Å². The number of carbonyl (C=O) groups excluding carboxylic acids is 1. The number of carbonyl (C=O) groups is 1. The van der Waals surface area contributed by atoms with Crippen LogP contribution in [0.15, 0.2) is 42.5 Å². The molecule has 0 bridgehead atoms. The van der Waals surface area contributed by atoms with Crippen molar-refractivity contribution in [1.29, 1.82) is 5.26 Å². The minimum absolute atomic E-state index is 0.0713. The summed E-state index contributed by atoms with van der Waals surface area (Å²) in [6.45, 7) is 5.97. The Labute approximate surface area is 184 Å². The summed E-state index contributed by atoms with van der Waals surface area (Å²) in [5.74, 6) is -0.766. The van der Waals surface area contributed by atoms with Crippen LogP contribution in [0, 0.1) is 22.6 Å². The van der Waals surface area contributed by atoms with Crippen LogP contribution in [-0.2, 0) is 21.7 Å². The average Bonchev–Trinajstić information content (AvgIpc) is 2.71. The van der Waals surface area contributed by atoms with Crippen LogP contribution in [0.5, 0.6) is 0 Å². The summed E-state index contributed by atoms with van der Waals surface area (Å²) in [6.07, 6.45) is 1.06. The smallest absolute Gasteiger partial charge is 0.311 e. The molecule has 166 valence electrons. The fourth-order valence-corrected chi connectivity index (χ4v) is 3.36. The third-order valence-electron chi connectivity index (χ3n) is 5.12. The number of ether oxygens (including phenoxy) is 1. The van der Waals surface area contributed by atoms with E-state index >= 15 is 0 Å². The second-order valence-electron chi connectivity index (χ2n) is 9.08. The lowest BCUT2D eigenvalue weighted by atomic mass is 9.80. The van der Waals surface area contributed by atoms with Gasteiger partial charge in [-0.3, -0.25) is 4.79 Å². The van der Waals surface area contributed by atoms with Crippen molar-refractivity contribution in [2.45, 2.75) is 45.8 Å². The standard InChI is InChI=1S/C25H31FN2O3/c1-24(2,3)23(29)31-17-19-15-18(16-27)7-12-22(19)25(30,13-6-14-28(4)5)20-8-10-21(26)11-9-20/h7-12,15,30H,6,13-14,17H2,1-5H3/t25-/m0/s1. The highest BCUT2D eigenvalue weighted by molar-refractivity contribution is 5.75. The van der Waals surface area contributed by atoms with Gasteiger partial charge in [-0.05, 0) is 95.2 Å². The van der Waals surface area contributed by atoms with E-state index in [4.69, 9.17) is 4.74 Å². The molecule has 0 amide bonds. The van der Waals surface area contributed by atoms with Gasteiger partial charge in [0.1, 0.15) is 18.0 Å². The monoisotopic (exact) mass is 426 g/mol. The molecule has 6 heteroatoms. The van der Waals surface area contributed by atoms with Crippen molar-refractivity contribution in [3.63, 3.8) is 0 Å². The Morgan fingerprint density at radius 1 is 1.16 bits per heavy atom. The number of hydrogen-bond donors (Lipinski definition) is 1. The fraction of sp³-hybridized carbons (Fsp3) is 0.440. The SMILES string of the molecule is CN(C)CCC[C@](O)(c1ccc(F)cc1)c1ccc(C#N)cc1COC(=O)C(C)(C)C. The lowest BCUT2D eigenvalue weighted by molar-refractivity contribution is -0.154. The van der Waals surface area contributed by atoms with Crippen LogP contribution in [0.2, 0.25) is 0 Å². The molecule has 0 spiro atoms. The largest absolute Gasteiger partial charge is 0.460 e. The number of nitriles is 1. The Hall–Kier alpha value is -2.75. The molecular weight excluding hydrogens is 395 g/mol. The summed E-state index contributed by atoms with van der Waals surface area (Å²) in [6, 6.07) is 12.8. The maximum atomic E-state index is 13.6. The first-order valence-electron chi connectivity index (χ1n) is 10.3. The maximum Gasteiger partial charge on any atom is 0.311 e. The second kappa shape index (κ2) is 10.0. The minimum Gasteiger partial charge on any atom is -0.460 e. The van der Waals surface area contributed by atoms with Gasteiger partial charge in [0.25, 0.3) is 0 Å². The number of rotatable bonds is 8.